The van der Waals surface area contributed by atoms with Crippen LogP contribution in [0.15, 0.2) is 54.6 Å². The molecule has 0 aliphatic carbocycles. The Bertz CT molecular complexity index is 543. The van der Waals surface area contributed by atoms with E-state index >= 15 is 0 Å². The number of para-hydroxylation sites is 2. The Kier molecular flexibility index (Phi) is 4.36. The minimum absolute atomic E-state index is 0.196. The Balaban J connectivity index is 1.91. The van der Waals surface area contributed by atoms with E-state index in [1.165, 1.54) is 0 Å². The van der Waals surface area contributed by atoms with Crippen LogP contribution in [0.4, 0.5) is 16.2 Å². The fourth-order valence-corrected chi connectivity index (χ4v) is 1.56. The predicted octanol–water partition coefficient (Wildman–Crippen LogP) is 3.24. The Labute approximate surface area is 110 Å². The molecule has 0 saturated heterocycles. The Morgan fingerprint density at radius 1 is 1.00 bits per heavy atom. The summed E-state index contributed by atoms with van der Waals surface area (Å²) in [5.41, 5.74) is 3.76. The van der Waals surface area contributed by atoms with Gasteiger partial charge in [-0.15, -0.1) is 0 Å². The molecule has 0 fully saturated rings. The second-order valence-electron chi connectivity index (χ2n) is 3.84. The highest BCUT2D eigenvalue weighted by atomic mass is 16.5. The van der Waals surface area contributed by atoms with Gasteiger partial charge in [0.15, 0.2) is 0 Å². The van der Waals surface area contributed by atoms with Gasteiger partial charge in [0, 0.05) is 0 Å². The zero-order valence-electron chi connectivity index (χ0n) is 10.2. The highest BCUT2D eigenvalue weighted by Crippen LogP contribution is 2.20. The number of hydrogen-bond acceptors (Lipinski definition) is 4. The molecular weight excluding hydrogens is 244 g/mol. The predicted molar refractivity (Wildman–Crippen MR) is 72.1 cm³/mol. The van der Waals surface area contributed by atoms with Gasteiger partial charge in [-0.3, -0.25) is 16.0 Å². The molecule has 5 heteroatoms. The zero-order valence-corrected chi connectivity index (χ0v) is 10.2. The molecule has 3 N–H and O–H groups in total. The first-order valence-corrected chi connectivity index (χ1v) is 5.76. The lowest BCUT2D eigenvalue weighted by atomic mass is 10.2. The largest absolute Gasteiger partial charge is 0.444 e. The summed E-state index contributed by atoms with van der Waals surface area (Å²) in [6.07, 6.45) is -0.577. The highest BCUT2D eigenvalue weighted by Gasteiger charge is 2.06. The van der Waals surface area contributed by atoms with Gasteiger partial charge >= 0.3 is 6.09 Å². The number of nitrogens with one attached hydrogen (secondary N) is 2. The summed E-state index contributed by atoms with van der Waals surface area (Å²) in [5, 5.41) is 11.4. The number of amides is 1. The Morgan fingerprint density at radius 2 is 1.63 bits per heavy atom. The summed E-state index contributed by atoms with van der Waals surface area (Å²) in [7, 11) is 0. The summed E-state index contributed by atoms with van der Waals surface area (Å²) < 4.78 is 5.07. The maximum atomic E-state index is 11.6. The van der Waals surface area contributed by atoms with Crippen LogP contribution in [0, 0.1) is 0 Å². The van der Waals surface area contributed by atoms with Crippen LogP contribution in [0.2, 0.25) is 0 Å². The van der Waals surface area contributed by atoms with Crippen molar-refractivity contribution >= 4 is 17.5 Å². The molecule has 0 radical (unpaired) electrons. The number of anilines is 2. The van der Waals surface area contributed by atoms with Crippen molar-refractivity contribution in [2.75, 3.05) is 10.8 Å². The van der Waals surface area contributed by atoms with Crippen molar-refractivity contribution in [2.24, 2.45) is 0 Å². The van der Waals surface area contributed by atoms with Crippen LogP contribution in [0.3, 0.4) is 0 Å². The van der Waals surface area contributed by atoms with Crippen molar-refractivity contribution < 1.29 is 14.7 Å². The maximum absolute atomic E-state index is 11.6. The fraction of sp³-hybridized carbons (Fsp3) is 0.0714. The van der Waals surface area contributed by atoms with E-state index in [9.17, 15) is 4.79 Å². The second kappa shape index (κ2) is 6.42. The summed E-state index contributed by atoms with van der Waals surface area (Å²) in [6, 6.07) is 16.2. The van der Waals surface area contributed by atoms with Crippen molar-refractivity contribution in [3.63, 3.8) is 0 Å². The molecule has 0 saturated carbocycles. The number of carbonyl (C=O) groups is 1. The first-order valence-electron chi connectivity index (χ1n) is 5.76. The average Bonchev–Trinajstić information content (AvgIpc) is 2.47. The topological polar surface area (TPSA) is 70.6 Å². The third kappa shape index (κ3) is 3.72. The third-order valence-corrected chi connectivity index (χ3v) is 2.50. The molecule has 19 heavy (non-hydrogen) atoms. The molecule has 0 aliphatic heterocycles. The van der Waals surface area contributed by atoms with Gasteiger partial charge in [0.2, 0.25) is 0 Å². The molecule has 0 aliphatic rings. The van der Waals surface area contributed by atoms with Crippen LogP contribution in [0.1, 0.15) is 5.56 Å². The average molecular weight is 258 g/mol. The van der Waals surface area contributed by atoms with Gasteiger partial charge in [-0.25, -0.2) is 4.79 Å². The summed E-state index contributed by atoms with van der Waals surface area (Å²) in [6.45, 7) is 0.196. The molecule has 5 nitrogen and oxygen atoms in total. The molecule has 0 unspecified atom stereocenters. The number of rotatable bonds is 4. The van der Waals surface area contributed by atoms with E-state index in [-0.39, 0.29) is 6.61 Å². The lowest BCUT2D eigenvalue weighted by molar-refractivity contribution is 0.155. The third-order valence-electron chi connectivity index (χ3n) is 2.50. The van der Waals surface area contributed by atoms with Gasteiger partial charge in [-0.2, -0.15) is 0 Å². The number of carbonyl (C=O) groups excluding carboxylic acids is 1. The van der Waals surface area contributed by atoms with Gasteiger partial charge in [-0.1, -0.05) is 42.5 Å². The first-order chi connectivity index (χ1) is 9.29. The SMILES string of the molecule is O=C(Nc1ccccc1NO)OCc1ccccc1. The number of ether oxygens (including phenoxy) is 1. The Morgan fingerprint density at radius 3 is 2.32 bits per heavy atom. The molecule has 0 spiro atoms. The lowest BCUT2D eigenvalue weighted by Crippen LogP contribution is -2.14. The summed E-state index contributed by atoms with van der Waals surface area (Å²) >= 11 is 0. The molecule has 0 bridgehead atoms. The van der Waals surface area contributed by atoms with E-state index in [0.717, 1.165) is 5.56 Å². The van der Waals surface area contributed by atoms with Crippen LogP contribution in [-0.2, 0) is 11.3 Å². The van der Waals surface area contributed by atoms with E-state index < -0.39 is 6.09 Å². The molecule has 98 valence electrons. The summed E-state index contributed by atoms with van der Waals surface area (Å²) in [5.74, 6) is 0. The van der Waals surface area contributed by atoms with Crippen molar-refractivity contribution in [1.29, 1.82) is 0 Å². The van der Waals surface area contributed by atoms with Crippen molar-refractivity contribution in [2.45, 2.75) is 6.61 Å². The van der Waals surface area contributed by atoms with Gasteiger partial charge in [0.25, 0.3) is 0 Å². The van der Waals surface area contributed by atoms with Crippen LogP contribution >= 0.6 is 0 Å². The Hall–Kier alpha value is -2.53. The van der Waals surface area contributed by atoms with Crippen molar-refractivity contribution in [1.82, 2.24) is 0 Å². The number of hydrogen-bond donors (Lipinski definition) is 3. The first kappa shape index (κ1) is 12.9. The molecule has 0 heterocycles. The molecule has 2 aromatic carbocycles. The van der Waals surface area contributed by atoms with Crippen LogP contribution in [-0.4, -0.2) is 11.3 Å². The molecule has 2 rings (SSSR count). The molecule has 2 aromatic rings. The molecule has 1 amide bonds. The van der Waals surface area contributed by atoms with E-state index in [2.05, 4.69) is 5.32 Å². The molecule has 0 atom stereocenters. The van der Waals surface area contributed by atoms with E-state index in [1.807, 2.05) is 35.8 Å². The van der Waals surface area contributed by atoms with Crippen LogP contribution in [0.25, 0.3) is 0 Å². The second-order valence-corrected chi connectivity index (χ2v) is 3.84. The highest BCUT2D eigenvalue weighted by molar-refractivity contribution is 5.89. The van der Waals surface area contributed by atoms with Crippen molar-refractivity contribution in [3.05, 3.63) is 60.2 Å². The minimum Gasteiger partial charge on any atom is -0.444 e. The normalized spacial score (nSPS) is 9.74. The van der Waals surface area contributed by atoms with Crippen molar-refractivity contribution in [3.8, 4) is 0 Å². The van der Waals surface area contributed by atoms with Crippen LogP contribution in [0.5, 0.6) is 0 Å². The van der Waals surface area contributed by atoms with Gasteiger partial charge in [-0.05, 0) is 17.7 Å². The van der Waals surface area contributed by atoms with Crippen LogP contribution < -0.4 is 10.8 Å². The van der Waals surface area contributed by atoms with Gasteiger partial charge in [0.1, 0.15) is 6.61 Å². The maximum Gasteiger partial charge on any atom is 0.412 e. The zero-order chi connectivity index (χ0) is 13.5. The monoisotopic (exact) mass is 258 g/mol. The smallest absolute Gasteiger partial charge is 0.412 e. The van der Waals surface area contributed by atoms with Gasteiger partial charge in [0.05, 0.1) is 11.4 Å². The van der Waals surface area contributed by atoms with E-state index in [1.54, 1.807) is 24.3 Å². The molecular formula is C14H14N2O3. The molecule has 0 aromatic heterocycles. The summed E-state index contributed by atoms with van der Waals surface area (Å²) in [4.78, 5) is 11.6. The quantitative estimate of drug-likeness (QED) is 0.736. The van der Waals surface area contributed by atoms with E-state index in [0.29, 0.717) is 11.4 Å². The van der Waals surface area contributed by atoms with E-state index in [4.69, 9.17) is 9.94 Å². The van der Waals surface area contributed by atoms with Gasteiger partial charge < -0.3 is 4.74 Å². The fourth-order valence-electron chi connectivity index (χ4n) is 1.56. The standard InChI is InChI=1S/C14H14N2O3/c17-14(19-10-11-6-2-1-3-7-11)15-12-8-4-5-9-13(12)16-18/h1-9,16,18H,10H2,(H,15,17). The lowest BCUT2D eigenvalue weighted by Gasteiger charge is -2.10. The number of benzene rings is 2. The minimum atomic E-state index is -0.577.